The maximum absolute atomic E-state index is 12.7. The zero-order chi connectivity index (χ0) is 16.9. The summed E-state index contributed by atoms with van der Waals surface area (Å²) in [4.78, 5) is 35.7. The lowest BCUT2D eigenvalue weighted by Crippen LogP contribution is -2.36. The minimum atomic E-state index is -1.73. The van der Waals surface area contributed by atoms with E-state index in [1.165, 1.54) is 18.2 Å². The SMILES string of the molecule is O=C1NN(c2ccccc2)C(=O)C12OC2c1ccccc1[N+](=O)[O-]. The van der Waals surface area contributed by atoms with E-state index < -0.39 is 28.4 Å². The van der Waals surface area contributed by atoms with Crippen molar-refractivity contribution >= 4 is 23.2 Å². The predicted octanol–water partition coefficient (Wildman–Crippen LogP) is 1.48. The van der Waals surface area contributed by atoms with Crippen molar-refractivity contribution < 1.29 is 19.2 Å². The Bertz CT molecular complexity index is 869. The van der Waals surface area contributed by atoms with Crippen LogP contribution in [0.25, 0.3) is 0 Å². The van der Waals surface area contributed by atoms with E-state index in [0.717, 1.165) is 5.01 Å². The molecule has 2 fully saturated rings. The number of ether oxygens (including phenoxy) is 1. The molecular weight excluding hydrogens is 314 g/mol. The molecule has 1 N–H and O–H groups in total. The van der Waals surface area contributed by atoms with E-state index in [1.54, 1.807) is 36.4 Å². The zero-order valence-corrected chi connectivity index (χ0v) is 12.2. The first-order chi connectivity index (χ1) is 11.6. The zero-order valence-electron chi connectivity index (χ0n) is 12.2. The first-order valence-electron chi connectivity index (χ1n) is 7.17. The van der Waals surface area contributed by atoms with Crippen LogP contribution < -0.4 is 10.4 Å². The van der Waals surface area contributed by atoms with Crippen LogP contribution in [0.15, 0.2) is 54.6 Å². The lowest BCUT2D eigenvalue weighted by atomic mass is 9.97. The molecule has 0 aromatic heterocycles. The summed E-state index contributed by atoms with van der Waals surface area (Å²) in [5.74, 6) is -1.21. The van der Waals surface area contributed by atoms with Crippen LogP contribution in [0.4, 0.5) is 11.4 Å². The minimum Gasteiger partial charge on any atom is -0.341 e. The maximum Gasteiger partial charge on any atom is 0.291 e. The Morgan fingerprint density at radius 3 is 2.46 bits per heavy atom. The molecule has 8 nitrogen and oxygen atoms in total. The molecule has 2 heterocycles. The van der Waals surface area contributed by atoms with Gasteiger partial charge in [-0.2, -0.15) is 0 Å². The van der Waals surface area contributed by atoms with Gasteiger partial charge in [0.25, 0.3) is 23.1 Å². The Hall–Kier alpha value is -3.26. The third kappa shape index (κ3) is 1.83. The summed E-state index contributed by atoms with van der Waals surface area (Å²) in [6, 6.07) is 14.5. The molecule has 2 aromatic carbocycles. The number of rotatable bonds is 3. The summed E-state index contributed by atoms with van der Waals surface area (Å²) in [5.41, 5.74) is 1.25. The molecule has 24 heavy (non-hydrogen) atoms. The van der Waals surface area contributed by atoms with Crippen LogP contribution >= 0.6 is 0 Å². The largest absolute Gasteiger partial charge is 0.341 e. The average molecular weight is 325 g/mol. The number of carbonyl (C=O) groups is 2. The summed E-state index contributed by atoms with van der Waals surface area (Å²) in [7, 11) is 0. The van der Waals surface area contributed by atoms with Crippen LogP contribution in [0.3, 0.4) is 0 Å². The maximum atomic E-state index is 12.7. The molecule has 2 aromatic rings. The highest BCUT2D eigenvalue weighted by Gasteiger charge is 2.75. The van der Waals surface area contributed by atoms with E-state index in [4.69, 9.17) is 4.74 Å². The van der Waals surface area contributed by atoms with Crippen LogP contribution in [0.1, 0.15) is 11.7 Å². The molecule has 2 saturated heterocycles. The van der Waals surface area contributed by atoms with Crippen LogP contribution in [0.5, 0.6) is 0 Å². The molecule has 2 atom stereocenters. The number of nitro benzene ring substituents is 1. The number of amides is 2. The van der Waals surface area contributed by atoms with E-state index in [9.17, 15) is 19.7 Å². The quantitative estimate of drug-likeness (QED) is 0.398. The second-order valence-corrected chi connectivity index (χ2v) is 5.47. The fourth-order valence-electron chi connectivity index (χ4n) is 2.90. The highest BCUT2D eigenvalue weighted by Crippen LogP contribution is 2.55. The number of nitrogens with zero attached hydrogens (tertiary/aromatic N) is 2. The highest BCUT2D eigenvalue weighted by atomic mass is 16.6. The number of nitrogens with one attached hydrogen (secondary N) is 1. The standard InChI is InChI=1S/C16H11N3O5/c20-14-16(15(21)18(17-14)10-6-2-1-3-7-10)13(24-16)11-8-4-5-9-12(11)19(22)23/h1-9,13H,(H,17,20). The van der Waals surface area contributed by atoms with Gasteiger partial charge in [0, 0.05) is 6.07 Å². The van der Waals surface area contributed by atoms with Gasteiger partial charge in [-0.1, -0.05) is 30.3 Å². The predicted molar refractivity (Wildman–Crippen MR) is 81.7 cm³/mol. The van der Waals surface area contributed by atoms with Gasteiger partial charge in [-0.25, -0.2) is 5.01 Å². The number of anilines is 1. The van der Waals surface area contributed by atoms with Gasteiger partial charge in [-0.15, -0.1) is 0 Å². The fraction of sp³-hybridized carbons (Fsp3) is 0.125. The number of hydrazine groups is 1. The lowest BCUT2D eigenvalue weighted by Gasteiger charge is -2.14. The number of epoxide rings is 1. The van der Waals surface area contributed by atoms with Crippen molar-refractivity contribution in [2.75, 3.05) is 5.01 Å². The number of nitro groups is 1. The molecular formula is C16H11N3O5. The molecule has 1 spiro atoms. The second kappa shape index (κ2) is 4.87. The van der Waals surface area contributed by atoms with E-state index in [-0.39, 0.29) is 11.3 Å². The van der Waals surface area contributed by atoms with Crippen molar-refractivity contribution in [2.24, 2.45) is 0 Å². The fourth-order valence-corrected chi connectivity index (χ4v) is 2.90. The normalized spacial score (nSPS) is 25.0. The summed E-state index contributed by atoms with van der Waals surface area (Å²) >= 11 is 0. The Morgan fingerprint density at radius 1 is 1.08 bits per heavy atom. The van der Waals surface area contributed by atoms with Crippen molar-refractivity contribution in [3.63, 3.8) is 0 Å². The molecule has 4 rings (SSSR count). The first kappa shape index (κ1) is 14.3. The Labute approximate surface area is 135 Å². The number of para-hydroxylation sites is 2. The molecule has 2 aliphatic rings. The summed E-state index contributed by atoms with van der Waals surface area (Å²) in [6.07, 6.45) is -0.972. The number of hydrogen-bond donors (Lipinski definition) is 1. The summed E-state index contributed by atoms with van der Waals surface area (Å²) in [6.45, 7) is 0. The Kier molecular flexibility index (Phi) is 2.91. The molecule has 120 valence electrons. The Morgan fingerprint density at radius 2 is 1.75 bits per heavy atom. The van der Waals surface area contributed by atoms with E-state index >= 15 is 0 Å². The molecule has 2 aliphatic heterocycles. The van der Waals surface area contributed by atoms with Crippen LogP contribution in [0, 0.1) is 10.1 Å². The molecule has 0 saturated carbocycles. The summed E-state index contributed by atoms with van der Waals surface area (Å²) < 4.78 is 5.41. The van der Waals surface area contributed by atoms with Crippen molar-refractivity contribution in [1.82, 2.24) is 5.43 Å². The van der Waals surface area contributed by atoms with Crippen LogP contribution in [0.2, 0.25) is 0 Å². The van der Waals surface area contributed by atoms with Gasteiger partial charge in [0.2, 0.25) is 0 Å². The molecule has 0 aliphatic carbocycles. The summed E-state index contributed by atoms with van der Waals surface area (Å²) in [5, 5.41) is 12.3. The highest BCUT2D eigenvalue weighted by molar-refractivity contribution is 6.23. The van der Waals surface area contributed by atoms with Gasteiger partial charge < -0.3 is 4.74 Å². The van der Waals surface area contributed by atoms with Crippen molar-refractivity contribution in [3.05, 3.63) is 70.3 Å². The minimum absolute atomic E-state index is 0.182. The lowest BCUT2D eigenvalue weighted by molar-refractivity contribution is -0.385. The smallest absolute Gasteiger partial charge is 0.291 e. The topological polar surface area (TPSA) is 105 Å². The molecule has 2 amide bonds. The van der Waals surface area contributed by atoms with Crippen molar-refractivity contribution in [3.8, 4) is 0 Å². The van der Waals surface area contributed by atoms with Gasteiger partial charge in [0.05, 0.1) is 16.2 Å². The Balaban J connectivity index is 1.70. The van der Waals surface area contributed by atoms with Crippen LogP contribution in [-0.4, -0.2) is 22.3 Å². The number of hydrogen-bond acceptors (Lipinski definition) is 5. The first-order valence-corrected chi connectivity index (χ1v) is 7.17. The number of benzene rings is 2. The van der Waals surface area contributed by atoms with Gasteiger partial charge in [0.1, 0.15) is 6.10 Å². The van der Waals surface area contributed by atoms with Gasteiger partial charge in [-0.3, -0.25) is 25.1 Å². The average Bonchev–Trinajstić information content (AvgIpc) is 3.31. The van der Waals surface area contributed by atoms with Gasteiger partial charge in [-0.05, 0) is 18.2 Å². The van der Waals surface area contributed by atoms with Crippen molar-refractivity contribution in [1.29, 1.82) is 0 Å². The molecule has 0 radical (unpaired) electrons. The second-order valence-electron chi connectivity index (χ2n) is 5.47. The monoisotopic (exact) mass is 325 g/mol. The third-order valence-electron chi connectivity index (χ3n) is 4.12. The molecule has 8 heteroatoms. The molecule has 0 bridgehead atoms. The van der Waals surface area contributed by atoms with E-state index in [1.807, 2.05) is 0 Å². The van der Waals surface area contributed by atoms with Crippen molar-refractivity contribution in [2.45, 2.75) is 11.7 Å². The van der Waals surface area contributed by atoms with Gasteiger partial charge >= 0.3 is 0 Å². The number of carbonyl (C=O) groups excluding carboxylic acids is 2. The van der Waals surface area contributed by atoms with E-state index in [0.29, 0.717) is 5.69 Å². The van der Waals surface area contributed by atoms with Crippen LogP contribution in [-0.2, 0) is 14.3 Å². The molecule has 2 unspecified atom stereocenters. The van der Waals surface area contributed by atoms with E-state index in [2.05, 4.69) is 5.43 Å². The van der Waals surface area contributed by atoms with Gasteiger partial charge in [0.15, 0.2) is 0 Å². The third-order valence-corrected chi connectivity index (χ3v) is 4.12.